The van der Waals surface area contributed by atoms with Crippen molar-refractivity contribution in [2.75, 3.05) is 24.2 Å². The van der Waals surface area contributed by atoms with Crippen molar-refractivity contribution in [2.45, 2.75) is 51.6 Å². The second-order valence-corrected chi connectivity index (χ2v) is 7.30. The molecule has 0 spiro atoms. The van der Waals surface area contributed by atoms with Crippen LogP contribution in [0.3, 0.4) is 0 Å². The number of unbranched alkanes of at least 4 members (excludes halogenated alkanes) is 1. The van der Waals surface area contributed by atoms with Crippen LogP contribution in [-0.4, -0.2) is 34.9 Å². The highest BCUT2D eigenvalue weighted by atomic mass is 16.5. The number of benzene rings is 1. The Morgan fingerprint density at radius 3 is 2.70 bits per heavy atom. The van der Waals surface area contributed by atoms with E-state index in [0.29, 0.717) is 16.9 Å². The van der Waals surface area contributed by atoms with Gasteiger partial charge in [0.2, 0.25) is 0 Å². The molecule has 3 N–H and O–H groups in total. The molecule has 3 rings (SSSR count). The molecule has 1 saturated carbocycles. The maximum atomic E-state index is 8.63. The minimum Gasteiger partial charge on any atom is -0.487 e. The van der Waals surface area contributed by atoms with Crippen molar-refractivity contribution in [1.29, 1.82) is 5.41 Å². The smallest absolute Gasteiger partial charge is 0.132 e. The number of rotatable bonds is 9. The first-order valence-electron chi connectivity index (χ1n) is 9.69. The van der Waals surface area contributed by atoms with Crippen LogP contribution in [0.4, 0.5) is 11.5 Å². The third-order valence-corrected chi connectivity index (χ3v) is 5.23. The fraction of sp³-hybridized carbons (Fsp3) is 0.476. The number of ether oxygens (including phenoxy) is 1. The normalized spacial score (nSPS) is 14.6. The highest BCUT2D eigenvalue weighted by Crippen LogP contribution is 2.43. The quantitative estimate of drug-likeness (QED) is 0.516. The van der Waals surface area contributed by atoms with Gasteiger partial charge < -0.3 is 15.4 Å². The van der Waals surface area contributed by atoms with Crippen molar-refractivity contribution in [3.63, 3.8) is 0 Å². The molecule has 1 aromatic heterocycles. The molecule has 0 aliphatic heterocycles. The lowest BCUT2D eigenvalue weighted by atomic mass is 10.0. The molecule has 0 unspecified atom stereocenters. The van der Waals surface area contributed by atoms with Crippen molar-refractivity contribution < 1.29 is 4.74 Å². The fourth-order valence-electron chi connectivity index (χ4n) is 3.07. The second kappa shape index (κ2) is 7.94. The highest BCUT2D eigenvalue weighted by molar-refractivity contribution is 6.13. The van der Waals surface area contributed by atoms with Gasteiger partial charge in [0.15, 0.2) is 0 Å². The molecule has 0 atom stereocenters. The minimum atomic E-state index is -0.0281. The first kappa shape index (κ1) is 19.1. The monoisotopic (exact) mass is 367 g/mol. The molecule has 144 valence electrons. The van der Waals surface area contributed by atoms with Gasteiger partial charge in [0.25, 0.3) is 0 Å². The number of nitrogen functional groups attached to an aromatic ring is 1. The van der Waals surface area contributed by atoms with Crippen molar-refractivity contribution in [3.8, 4) is 5.75 Å². The predicted molar refractivity (Wildman–Crippen MR) is 110 cm³/mol. The summed E-state index contributed by atoms with van der Waals surface area (Å²) in [5.41, 5.74) is 8.16. The van der Waals surface area contributed by atoms with E-state index in [-0.39, 0.29) is 11.3 Å². The Hall–Kier alpha value is -2.63. The van der Waals surface area contributed by atoms with Crippen molar-refractivity contribution in [3.05, 3.63) is 41.9 Å². The molecule has 0 amide bonds. The molecule has 1 fully saturated rings. The maximum absolute atomic E-state index is 8.63. The van der Waals surface area contributed by atoms with E-state index in [9.17, 15) is 0 Å². The van der Waals surface area contributed by atoms with Crippen molar-refractivity contribution in [1.82, 2.24) is 9.97 Å². The molecule has 1 aromatic carbocycles. The van der Waals surface area contributed by atoms with Gasteiger partial charge in [-0.1, -0.05) is 20.3 Å². The maximum Gasteiger partial charge on any atom is 0.132 e. The van der Waals surface area contributed by atoms with Crippen LogP contribution in [-0.2, 0) is 0 Å². The van der Waals surface area contributed by atoms with Gasteiger partial charge in [-0.15, -0.1) is 0 Å². The lowest BCUT2D eigenvalue weighted by Crippen LogP contribution is -2.20. The van der Waals surface area contributed by atoms with Crippen LogP contribution >= 0.6 is 0 Å². The van der Waals surface area contributed by atoms with Gasteiger partial charge >= 0.3 is 0 Å². The lowest BCUT2D eigenvalue weighted by Gasteiger charge is -2.19. The van der Waals surface area contributed by atoms with Gasteiger partial charge in [-0.3, -0.25) is 5.41 Å². The van der Waals surface area contributed by atoms with Crippen molar-refractivity contribution in [2.24, 2.45) is 0 Å². The van der Waals surface area contributed by atoms with Crippen molar-refractivity contribution >= 4 is 17.2 Å². The van der Waals surface area contributed by atoms with Gasteiger partial charge in [0.1, 0.15) is 23.5 Å². The fourth-order valence-corrected chi connectivity index (χ4v) is 3.07. The number of hydrogen-bond donors (Lipinski definition) is 2. The third kappa shape index (κ3) is 4.38. The Morgan fingerprint density at radius 1 is 1.26 bits per heavy atom. The van der Waals surface area contributed by atoms with E-state index in [4.69, 9.17) is 15.9 Å². The summed E-state index contributed by atoms with van der Waals surface area (Å²) in [7, 11) is 2.01. The zero-order valence-electron chi connectivity index (χ0n) is 16.5. The third-order valence-electron chi connectivity index (χ3n) is 5.23. The molecule has 27 heavy (non-hydrogen) atoms. The number of anilines is 2. The largest absolute Gasteiger partial charge is 0.487 e. The minimum absolute atomic E-state index is 0.0281. The van der Waals surface area contributed by atoms with E-state index in [1.165, 1.54) is 6.33 Å². The summed E-state index contributed by atoms with van der Waals surface area (Å²) in [6.45, 7) is 5.23. The highest BCUT2D eigenvalue weighted by Gasteiger charge is 2.43. The number of hydrogen-bond acceptors (Lipinski definition) is 6. The first-order valence-corrected chi connectivity index (χ1v) is 9.69. The van der Waals surface area contributed by atoms with E-state index in [1.807, 2.05) is 25.2 Å². The molecule has 0 bridgehead atoms. The summed E-state index contributed by atoms with van der Waals surface area (Å²) in [5.74, 6) is 1.57. The molecular formula is C21H29N5O. The molecule has 6 heteroatoms. The van der Waals surface area contributed by atoms with Crippen LogP contribution in [0.15, 0.2) is 30.6 Å². The molecule has 1 aliphatic rings. The molecule has 6 nitrogen and oxygen atoms in total. The summed E-state index contributed by atoms with van der Waals surface area (Å²) in [4.78, 5) is 10.7. The molecule has 0 saturated heterocycles. The van der Waals surface area contributed by atoms with Crippen LogP contribution < -0.4 is 15.4 Å². The summed E-state index contributed by atoms with van der Waals surface area (Å²) < 4.78 is 6.16. The number of nitrogens with zero attached hydrogens (tertiary/aromatic N) is 3. The topological polar surface area (TPSA) is 88.1 Å². The van der Waals surface area contributed by atoms with E-state index >= 15 is 0 Å². The average Bonchev–Trinajstić information content (AvgIpc) is 3.47. The Morgan fingerprint density at radius 2 is 2.04 bits per heavy atom. The molecular weight excluding hydrogens is 338 g/mol. The van der Waals surface area contributed by atoms with Crippen LogP contribution in [0.25, 0.3) is 0 Å². The predicted octanol–water partition coefficient (Wildman–Crippen LogP) is 4.03. The summed E-state index contributed by atoms with van der Waals surface area (Å²) >= 11 is 0. The van der Waals surface area contributed by atoms with E-state index in [0.717, 1.165) is 50.2 Å². The van der Waals surface area contributed by atoms with Gasteiger partial charge in [0.05, 0.1) is 11.4 Å². The van der Waals surface area contributed by atoms with E-state index in [2.05, 4.69) is 28.7 Å². The molecule has 1 aliphatic carbocycles. The van der Waals surface area contributed by atoms with Gasteiger partial charge in [-0.05, 0) is 43.9 Å². The van der Waals surface area contributed by atoms with Crippen LogP contribution in [0, 0.1) is 5.41 Å². The van der Waals surface area contributed by atoms with E-state index in [1.54, 1.807) is 6.07 Å². The van der Waals surface area contributed by atoms with Crippen LogP contribution in [0.1, 0.15) is 57.2 Å². The summed E-state index contributed by atoms with van der Waals surface area (Å²) in [6, 6.07) is 7.39. The first-order chi connectivity index (χ1) is 13.0. The van der Waals surface area contributed by atoms with Gasteiger partial charge in [0, 0.05) is 30.9 Å². The van der Waals surface area contributed by atoms with Gasteiger partial charge in [-0.2, -0.15) is 0 Å². The second-order valence-electron chi connectivity index (χ2n) is 7.30. The molecule has 0 radical (unpaired) electrons. The standard InChI is InChI=1S/C21H29N5O/c1-4-6-11-26(3)19-13-18(24-14-25-19)20(23)16-12-15(7-8-17(16)22)27-21(5-2)9-10-21/h7-8,12-14,23H,4-6,9-11,22H2,1-3H3. The Labute approximate surface area is 161 Å². The zero-order valence-corrected chi connectivity index (χ0v) is 16.5. The molecule has 2 aromatic rings. The Balaban J connectivity index is 1.83. The number of nitrogens with two attached hydrogens (primary N) is 1. The number of nitrogens with one attached hydrogen (secondary N) is 1. The summed E-state index contributed by atoms with van der Waals surface area (Å²) in [6.07, 6.45) is 6.89. The zero-order chi connectivity index (χ0) is 19.4. The lowest BCUT2D eigenvalue weighted by molar-refractivity contribution is 0.174. The Kier molecular flexibility index (Phi) is 5.63. The average molecular weight is 367 g/mol. The number of aromatic nitrogens is 2. The van der Waals surface area contributed by atoms with Crippen LogP contribution in [0.2, 0.25) is 0 Å². The van der Waals surface area contributed by atoms with Gasteiger partial charge in [-0.25, -0.2) is 9.97 Å². The Bertz CT molecular complexity index is 816. The SMILES string of the molecule is CCCCN(C)c1cc(C(=N)c2cc(OC3(CC)CC3)ccc2N)ncn1. The van der Waals surface area contributed by atoms with Crippen LogP contribution in [0.5, 0.6) is 5.75 Å². The van der Waals surface area contributed by atoms with E-state index < -0.39 is 0 Å². The molecule has 1 heterocycles. The summed E-state index contributed by atoms with van der Waals surface area (Å²) in [5, 5.41) is 8.63.